The zero-order chi connectivity index (χ0) is 16.2. The molecule has 1 fully saturated rings. The molecule has 0 amide bonds. The molecule has 1 aliphatic carbocycles. The van der Waals surface area contributed by atoms with Crippen molar-refractivity contribution in [3.05, 3.63) is 11.5 Å². The van der Waals surface area contributed by atoms with Crippen molar-refractivity contribution in [2.45, 2.75) is 62.3 Å². The first-order valence-corrected chi connectivity index (χ1v) is 9.35. The number of hydrogen-bond donors (Lipinski definition) is 2. The molecule has 1 aromatic heterocycles. The van der Waals surface area contributed by atoms with Gasteiger partial charge < -0.3 is 10.4 Å². The van der Waals surface area contributed by atoms with Crippen molar-refractivity contribution in [2.75, 3.05) is 17.7 Å². The highest BCUT2D eigenvalue weighted by Gasteiger charge is 2.41. The first-order valence-electron chi connectivity index (χ1n) is 7.70. The maximum atomic E-state index is 12.3. The summed E-state index contributed by atoms with van der Waals surface area (Å²) in [7, 11) is -3.33. The number of aliphatic hydroxyl groups is 1. The van der Waals surface area contributed by atoms with Gasteiger partial charge in [-0.05, 0) is 19.3 Å². The second-order valence-electron chi connectivity index (χ2n) is 7.41. The Kier molecular flexibility index (Phi) is 3.49. The molecule has 22 heavy (non-hydrogen) atoms. The SMILES string of the molecule is CC(C)(C)c1nc2c(c(NC3(CO)CCC3)n1)S(=O)(=O)CC2. The first kappa shape index (κ1) is 15.7. The summed E-state index contributed by atoms with van der Waals surface area (Å²) < 4.78 is 24.7. The molecule has 0 saturated heterocycles. The fourth-order valence-electron chi connectivity index (χ4n) is 2.92. The summed E-state index contributed by atoms with van der Waals surface area (Å²) in [4.78, 5) is 9.24. The molecule has 0 unspecified atom stereocenters. The van der Waals surface area contributed by atoms with Gasteiger partial charge in [0.1, 0.15) is 16.5 Å². The van der Waals surface area contributed by atoms with Gasteiger partial charge in [0, 0.05) is 11.8 Å². The number of aryl methyl sites for hydroxylation is 1. The van der Waals surface area contributed by atoms with Crippen LogP contribution in [0.4, 0.5) is 5.82 Å². The van der Waals surface area contributed by atoms with Crippen LogP contribution in [0.25, 0.3) is 0 Å². The van der Waals surface area contributed by atoms with Gasteiger partial charge >= 0.3 is 0 Å². The van der Waals surface area contributed by atoms with E-state index in [9.17, 15) is 13.5 Å². The summed E-state index contributed by atoms with van der Waals surface area (Å²) in [6, 6.07) is 0. The van der Waals surface area contributed by atoms with Crippen LogP contribution in [-0.2, 0) is 21.7 Å². The Morgan fingerprint density at radius 2 is 1.95 bits per heavy atom. The van der Waals surface area contributed by atoms with E-state index in [0.717, 1.165) is 19.3 Å². The second-order valence-corrected chi connectivity index (χ2v) is 9.45. The fraction of sp³-hybridized carbons (Fsp3) is 0.733. The lowest BCUT2D eigenvalue weighted by atomic mass is 9.77. The lowest BCUT2D eigenvalue weighted by Crippen LogP contribution is -2.49. The molecule has 0 bridgehead atoms. The summed E-state index contributed by atoms with van der Waals surface area (Å²) in [6.45, 7) is 6.00. The van der Waals surface area contributed by atoms with E-state index < -0.39 is 15.4 Å². The minimum Gasteiger partial charge on any atom is -0.394 e. The highest BCUT2D eigenvalue weighted by atomic mass is 32.2. The number of aliphatic hydroxyl groups excluding tert-OH is 1. The van der Waals surface area contributed by atoms with Crippen LogP contribution in [-0.4, -0.2) is 41.4 Å². The average molecular weight is 325 g/mol. The minimum absolute atomic E-state index is 0.0172. The van der Waals surface area contributed by atoms with Gasteiger partial charge in [-0.2, -0.15) is 0 Å². The number of nitrogens with one attached hydrogen (secondary N) is 1. The summed E-state index contributed by atoms with van der Waals surface area (Å²) in [5.74, 6) is 1.10. The van der Waals surface area contributed by atoms with Crippen LogP contribution in [0.15, 0.2) is 4.90 Å². The molecule has 0 atom stereocenters. The van der Waals surface area contributed by atoms with Crippen LogP contribution < -0.4 is 5.32 Å². The van der Waals surface area contributed by atoms with Gasteiger partial charge in [0.25, 0.3) is 0 Å². The molecule has 1 saturated carbocycles. The van der Waals surface area contributed by atoms with Gasteiger partial charge in [0.2, 0.25) is 0 Å². The number of hydrogen-bond acceptors (Lipinski definition) is 6. The fourth-order valence-corrected chi connectivity index (χ4v) is 4.49. The molecule has 0 spiro atoms. The van der Waals surface area contributed by atoms with Gasteiger partial charge in [-0.15, -0.1) is 0 Å². The first-order chi connectivity index (χ1) is 10.2. The molecule has 1 aromatic rings. The topological polar surface area (TPSA) is 92.2 Å². The van der Waals surface area contributed by atoms with Gasteiger partial charge in [0.15, 0.2) is 9.84 Å². The van der Waals surface area contributed by atoms with Crippen molar-refractivity contribution in [3.63, 3.8) is 0 Å². The second kappa shape index (κ2) is 4.89. The van der Waals surface area contributed by atoms with Crippen LogP contribution in [0.1, 0.15) is 51.6 Å². The largest absolute Gasteiger partial charge is 0.394 e. The lowest BCUT2D eigenvalue weighted by molar-refractivity contribution is 0.143. The molecule has 7 heteroatoms. The Balaban J connectivity index is 2.12. The van der Waals surface area contributed by atoms with Gasteiger partial charge in [-0.1, -0.05) is 20.8 Å². The average Bonchev–Trinajstić information content (AvgIpc) is 2.69. The Hall–Kier alpha value is -1.21. The molecule has 122 valence electrons. The van der Waals surface area contributed by atoms with Crippen molar-refractivity contribution in [1.29, 1.82) is 0 Å². The third-order valence-electron chi connectivity index (χ3n) is 4.52. The third-order valence-corrected chi connectivity index (χ3v) is 6.31. The predicted octanol–water partition coefficient (Wildman–Crippen LogP) is 1.43. The minimum atomic E-state index is -3.33. The Bertz CT molecular complexity index is 698. The summed E-state index contributed by atoms with van der Waals surface area (Å²) in [6.07, 6.45) is 3.12. The summed E-state index contributed by atoms with van der Waals surface area (Å²) in [5, 5.41) is 12.9. The smallest absolute Gasteiger partial charge is 0.184 e. The van der Waals surface area contributed by atoms with E-state index in [1.165, 1.54) is 0 Å². The lowest BCUT2D eigenvalue weighted by Gasteiger charge is -2.41. The van der Waals surface area contributed by atoms with E-state index in [0.29, 0.717) is 23.8 Å². The Morgan fingerprint density at radius 3 is 2.45 bits per heavy atom. The van der Waals surface area contributed by atoms with Gasteiger partial charge in [-0.3, -0.25) is 0 Å². The summed E-state index contributed by atoms with van der Waals surface area (Å²) in [5.41, 5.74) is -0.0889. The highest BCUT2D eigenvalue weighted by molar-refractivity contribution is 7.91. The van der Waals surface area contributed by atoms with Gasteiger partial charge in [-0.25, -0.2) is 18.4 Å². The maximum absolute atomic E-state index is 12.3. The summed E-state index contributed by atoms with van der Waals surface area (Å²) >= 11 is 0. The van der Waals surface area contributed by atoms with Crippen LogP contribution in [0.2, 0.25) is 0 Å². The van der Waals surface area contributed by atoms with E-state index in [1.54, 1.807) is 0 Å². The molecule has 2 heterocycles. The zero-order valence-corrected chi connectivity index (χ0v) is 14.1. The molecule has 2 aliphatic rings. The molecule has 0 aromatic carbocycles. The maximum Gasteiger partial charge on any atom is 0.184 e. The normalized spacial score (nSPS) is 22.0. The van der Waals surface area contributed by atoms with Crippen molar-refractivity contribution < 1.29 is 13.5 Å². The molecule has 3 rings (SSSR count). The van der Waals surface area contributed by atoms with E-state index >= 15 is 0 Å². The van der Waals surface area contributed by atoms with Gasteiger partial charge in [0.05, 0.1) is 23.6 Å². The van der Waals surface area contributed by atoms with Crippen molar-refractivity contribution in [1.82, 2.24) is 9.97 Å². The Labute approximate surface area is 131 Å². The molecule has 6 nitrogen and oxygen atoms in total. The van der Waals surface area contributed by atoms with Crippen LogP contribution in [0, 0.1) is 0 Å². The van der Waals surface area contributed by atoms with E-state index in [-0.39, 0.29) is 22.7 Å². The molecule has 0 radical (unpaired) electrons. The molecule has 1 aliphatic heterocycles. The standard InChI is InChI=1S/C15H23N3O3S/c1-14(2,3)13-16-10-5-8-22(20,21)11(10)12(17-13)18-15(9-19)6-4-7-15/h19H,4-9H2,1-3H3,(H,16,17,18). The van der Waals surface area contributed by atoms with Crippen LogP contribution >= 0.6 is 0 Å². The number of fused-ring (bicyclic) bond motifs is 1. The molecular weight excluding hydrogens is 302 g/mol. The van der Waals surface area contributed by atoms with Crippen LogP contribution in [0.3, 0.4) is 0 Å². The van der Waals surface area contributed by atoms with E-state index in [4.69, 9.17) is 0 Å². The van der Waals surface area contributed by atoms with Crippen molar-refractivity contribution in [3.8, 4) is 0 Å². The monoisotopic (exact) mass is 325 g/mol. The van der Waals surface area contributed by atoms with E-state index in [2.05, 4.69) is 15.3 Å². The molecular formula is C15H23N3O3S. The number of aromatic nitrogens is 2. The number of nitrogens with zero attached hydrogens (tertiary/aromatic N) is 2. The number of sulfone groups is 1. The van der Waals surface area contributed by atoms with E-state index in [1.807, 2.05) is 20.8 Å². The molecule has 2 N–H and O–H groups in total. The zero-order valence-electron chi connectivity index (χ0n) is 13.3. The third kappa shape index (κ3) is 2.50. The van der Waals surface area contributed by atoms with Crippen molar-refractivity contribution >= 4 is 15.7 Å². The highest BCUT2D eigenvalue weighted by Crippen LogP contribution is 2.39. The quantitative estimate of drug-likeness (QED) is 0.873. The number of rotatable bonds is 3. The predicted molar refractivity (Wildman–Crippen MR) is 83.8 cm³/mol. The number of anilines is 1. The van der Waals surface area contributed by atoms with Crippen LogP contribution in [0.5, 0.6) is 0 Å². The van der Waals surface area contributed by atoms with Crippen molar-refractivity contribution in [2.24, 2.45) is 0 Å². The Morgan fingerprint density at radius 1 is 1.27 bits per heavy atom.